The molecule has 0 saturated heterocycles. The van der Waals surface area contributed by atoms with Crippen molar-refractivity contribution in [1.29, 1.82) is 0 Å². The lowest BCUT2D eigenvalue weighted by molar-refractivity contribution is 0.308. The Kier molecular flexibility index (Phi) is 3.55. The van der Waals surface area contributed by atoms with E-state index >= 15 is 0 Å². The molecule has 0 spiro atoms. The van der Waals surface area contributed by atoms with Gasteiger partial charge in [0.05, 0.1) is 6.20 Å². The molecule has 0 saturated carbocycles. The van der Waals surface area contributed by atoms with E-state index in [1.165, 1.54) is 10.7 Å². The zero-order chi connectivity index (χ0) is 14.7. The van der Waals surface area contributed by atoms with Crippen molar-refractivity contribution < 1.29 is 9.13 Å². The highest BCUT2D eigenvalue weighted by Crippen LogP contribution is 2.23. The monoisotopic (exact) mass is 283 g/mol. The highest BCUT2D eigenvalue weighted by Gasteiger charge is 2.11. The molecule has 2 aromatic carbocycles. The third kappa shape index (κ3) is 2.86. The Bertz CT molecular complexity index is 740. The number of nitrogen functional groups attached to an aromatic ring is 1. The van der Waals surface area contributed by atoms with E-state index in [4.69, 9.17) is 10.5 Å². The molecule has 0 aliphatic rings. The Morgan fingerprint density at radius 3 is 2.52 bits per heavy atom. The van der Waals surface area contributed by atoms with Crippen molar-refractivity contribution in [3.63, 3.8) is 0 Å². The Morgan fingerprint density at radius 2 is 1.76 bits per heavy atom. The average molecular weight is 283 g/mol. The number of hydrogen-bond donors (Lipinski definition) is 1. The van der Waals surface area contributed by atoms with Gasteiger partial charge in [-0.15, -0.1) is 5.10 Å². The second-order valence-corrected chi connectivity index (χ2v) is 4.55. The first kappa shape index (κ1) is 13.2. The van der Waals surface area contributed by atoms with Crippen LogP contribution in [-0.2, 0) is 6.61 Å². The number of rotatable bonds is 4. The number of ether oxygens (including phenoxy) is 1. The number of benzene rings is 2. The number of nitrogens with two attached hydrogens (primary N) is 1. The molecule has 0 bridgehead atoms. The zero-order valence-corrected chi connectivity index (χ0v) is 11.2. The molecule has 2 N–H and O–H groups in total. The van der Waals surface area contributed by atoms with Gasteiger partial charge < -0.3 is 10.5 Å². The van der Waals surface area contributed by atoms with E-state index in [0.29, 0.717) is 18.0 Å². The Labute approximate surface area is 121 Å². The van der Waals surface area contributed by atoms with Gasteiger partial charge in [0.25, 0.3) is 0 Å². The first-order valence-corrected chi connectivity index (χ1v) is 6.51. The Morgan fingerprint density at radius 1 is 1.05 bits per heavy atom. The summed E-state index contributed by atoms with van der Waals surface area (Å²) in [5, 5.41) is 4.08. The lowest BCUT2D eigenvalue weighted by Crippen LogP contribution is -1.98. The fraction of sp³-hybridized carbons (Fsp3) is 0.0625. The molecule has 21 heavy (non-hydrogen) atoms. The molecule has 1 aromatic heterocycles. The quantitative estimate of drug-likeness (QED) is 0.800. The molecular formula is C16H14FN3O. The van der Waals surface area contributed by atoms with Crippen molar-refractivity contribution in [3.8, 4) is 11.4 Å². The Balaban J connectivity index is 1.80. The van der Waals surface area contributed by atoms with Crippen molar-refractivity contribution in [3.05, 3.63) is 72.2 Å². The summed E-state index contributed by atoms with van der Waals surface area (Å²) in [6.07, 6.45) is 1.58. The summed E-state index contributed by atoms with van der Waals surface area (Å²) in [5.74, 6) is 0.297. The minimum absolute atomic E-state index is 0.231. The molecule has 3 aromatic rings. The summed E-state index contributed by atoms with van der Waals surface area (Å²) in [5.41, 5.74) is 7.17. The summed E-state index contributed by atoms with van der Waals surface area (Å²) in [6.45, 7) is 0.383. The number of halogens is 1. The van der Waals surface area contributed by atoms with Gasteiger partial charge in [0, 0.05) is 0 Å². The topological polar surface area (TPSA) is 53.1 Å². The lowest BCUT2D eigenvalue weighted by atomic mass is 10.2. The van der Waals surface area contributed by atoms with E-state index < -0.39 is 0 Å². The van der Waals surface area contributed by atoms with Crippen LogP contribution in [0.25, 0.3) is 5.69 Å². The van der Waals surface area contributed by atoms with Crippen molar-refractivity contribution in [2.75, 3.05) is 5.73 Å². The first-order valence-electron chi connectivity index (χ1n) is 6.51. The third-order valence-electron chi connectivity index (χ3n) is 3.04. The van der Waals surface area contributed by atoms with E-state index in [2.05, 4.69) is 5.10 Å². The summed E-state index contributed by atoms with van der Waals surface area (Å²) < 4.78 is 20.7. The van der Waals surface area contributed by atoms with Crippen LogP contribution in [0.4, 0.5) is 10.2 Å². The highest BCUT2D eigenvalue weighted by molar-refractivity contribution is 5.47. The minimum atomic E-state index is -0.366. The minimum Gasteiger partial charge on any atom is -0.483 e. The van der Waals surface area contributed by atoms with E-state index in [1.807, 2.05) is 30.3 Å². The molecule has 3 rings (SSSR count). The molecule has 106 valence electrons. The summed E-state index contributed by atoms with van der Waals surface area (Å²) in [6, 6.07) is 16.1. The first-order chi connectivity index (χ1) is 10.2. The molecule has 4 nitrogen and oxygen atoms in total. The predicted molar refractivity (Wildman–Crippen MR) is 78.7 cm³/mol. The van der Waals surface area contributed by atoms with Crippen molar-refractivity contribution >= 4 is 5.82 Å². The molecule has 0 aliphatic heterocycles. The van der Waals surface area contributed by atoms with Gasteiger partial charge in [-0.2, -0.15) is 0 Å². The second-order valence-electron chi connectivity index (χ2n) is 4.55. The van der Waals surface area contributed by atoms with Gasteiger partial charge in [0.2, 0.25) is 0 Å². The average Bonchev–Trinajstić information content (AvgIpc) is 2.88. The molecule has 0 amide bonds. The second kappa shape index (κ2) is 5.66. The van der Waals surface area contributed by atoms with Gasteiger partial charge in [-0.3, -0.25) is 0 Å². The highest BCUT2D eigenvalue weighted by atomic mass is 19.1. The van der Waals surface area contributed by atoms with Crippen LogP contribution in [0.15, 0.2) is 60.8 Å². The summed E-state index contributed by atoms with van der Waals surface area (Å²) >= 11 is 0. The van der Waals surface area contributed by atoms with Gasteiger partial charge in [-0.1, -0.05) is 42.5 Å². The molecule has 0 atom stereocenters. The van der Waals surface area contributed by atoms with E-state index in [-0.39, 0.29) is 11.6 Å². The third-order valence-corrected chi connectivity index (χ3v) is 3.04. The molecule has 1 heterocycles. The molecule has 0 fully saturated rings. The van der Waals surface area contributed by atoms with Crippen LogP contribution in [0, 0.1) is 5.82 Å². The maximum Gasteiger partial charge on any atom is 0.188 e. The van der Waals surface area contributed by atoms with Gasteiger partial charge >= 0.3 is 0 Å². The van der Waals surface area contributed by atoms with Crippen molar-refractivity contribution in [2.24, 2.45) is 0 Å². The van der Waals surface area contributed by atoms with Crippen LogP contribution in [-0.4, -0.2) is 9.78 Å². The number of aromatic nitrogens is 2. The fourth-order valence-electron chi connectivity index (χ4n) is 1.98. The fourth-order valence-corrected chi connectivity index (χ4v) is 1.98. The summed E-state index contributed by atoms with van der Waals surface area (Å²) in [7, 11) is 0. The predicted octanol–water partition coefficient (Wildman–Crippen LogP) is 3.17. The van der Waals surface area contributed by atoms with Crippen molar-refractivity contribution in [1.82, 2.24) is 9.78 Å². The molecule has 0 unspecified atom stereocenters. The summed E-state index contributed by atoms with van der Waals surface area (Å²) in [4.78, 5) is 0. The number of nitrogens with zero attached hydrogens (tertiary/aromatic N) is 2. The van der Waals surface area contributed by atoms with E-state index in [0.717, 1.165) is 5.56 Å². The van der Waals surface area contributed by atoms with Crippen LogP contribution in [0.1, 0.15) is 5.56 Å². The van der Waals surface area contributed by atoms with E-state index in [1.54, 1.807) is 24.4 Å². The number of hydrogen-bond acceptors (Lipinski definition) is 3. The molecule has 0 aliphatic carbocycles. The normalized spacial score (nSPS) is 10.5. The van der Waals surface area contributed by atoms with Gasteiger partial charge in [-0.05, 0) is 17.7 Å². The molecule has 0 radical (unpaired) electrons. The van der Waals surface area contributed by atoms with E-state index in [9.17, 15) is 4.39 Å². The maximum absolute atomic E-state index is 13.7. The maximum atomic E-state index is 13.7. The van der Waals surface area contributed by atoms with Crippen molar-refractivity contribution in [2.45, 2.75) is 6.61 Å². The number of anilines is 1. The van der Waals surface area contributed by atoms with Crippen LogP contribution >= 0.6 is 0 Å². The SMILES string of the molecule is Nc1nn(-c2ccccc2F)cc1OCc1ccccc1. The smallest absolute Gasteiger partial charge is 0.188 e. The lowest BCUT2D eigenvalue weighted by Gasteiger charge is -2.04. The molecular weight excluding hydrogens is 269 g/mol. The van der Waals surface area contributed by atoms with Gasteiger partial charge in [-0.25, -0.2) is 9.07 Å². The van der Waals surface area contributed by atoms with Crippen LogP contribution in [0.3, 0.4) is 0 Å². The Hall–Kier alpha value is -2.82. The van der Waals surface area contributed by atoms with Gasteiger partial charge in [0.1, 0.15) is 18.1 Å². The van der Waals surface area contributed by atoms with Crippen LogP contribution in [0.5, 0.6) is 5.75 Å². The number of para-hydroxylation sites is 1. The zero-order valence-electron chi connectivity index (χ0n) is 11.2. The standard InChI is InChI=1S/C16H14FN3O/c17-13-8-4-5-9-14(13)20-10-15(16(18)19-20)21-11-12-6-2-1-3-7-12/h1-10H,11H2,(H2,18,19). The van der Waals surface area contributed by atoms with Crippen LogP contribution < -0.4 is 10.5 Å². The molecule has 5 heteroatoms. The largest absolute Gasteiger partial charge is 0.483 e. The van der Waals surface area contributed by atoms with Crippen LogP contribution in [0.2, 0.25) is 0 Å². The van der Waals surface area contributed by atoms with Gasteiger partial charge in [0.15, 0.2) is 11.6 Å².